The Balaban J connectivity index is 2.57. The molecule has 0 aromatic carbocycles. The van der Waals surface area contributed by atoms with Gasteiger partial charge in [-0.2, -0.15) is 0 Å². The van der Waals surface area contributed by atoms with E-state index in [0.29, 0.717) is 26.4 Å². The van der Waals surface area contributed by atoms with Crippen LogP contribution in [-0.2, 0) is 31.5 Å². The summed E-state index contributed by atoms with van der Waals surface area (Å²) in [5.41, 5.74) is 0. The topological polar surface area (TPSA) is 70.4 Å². The first-order valence-corrected chi connectivity index (χ1v) is 8.87. The number of hydrogen-bond donors (Lipinski definition) is 0. The van der Waals surface area contributed by atoms with Crippen LogP contribution in [0, 0.1) is 0 Å². The number of methoxy groups -OCH3 is 1. The molecule has 0 amide bonds. The summed E-state index contributed by atoms with van der Waals surface area (Å²) in [6.07, 6.45) is 3.88. The van der Waals surface area contributed by atoms with Crippen molar-refractivity contribution in [1.29, 1.82) is 0 Å². The van der Waals surface area contributed by atoms with Crippen LogP contribution >= 0.6 is 10.7 Å². The Morgan fingerprint density at radius 2 is 2.10 bits per heavy atom. The first kappa shape index (κ1) is 17.4. The average molecular weight is 325 g/mol. The van der Waals surface area contributed by atoms with Gasteiger partial charge in [-0.05, 0) is 12.8 Å². The van der Waals surface area contributed by atoms with Crippen LogP contribution in [0.25, 0.3) is 0 Å². The zero-order valence-electron chi connectivity index (χ0n) is 11.8. The minimum atomic E-state index is -3.77. The molecule has 1 heterocycles. The van der Waals surface area contributed by atoms with Gasteiger partial charge in [0, 0.05) is 43.6 Å². The van der Waals surface area contributed by atoms with E-state index in [1.807, 2.05) is 11.5 Å². The minimum Gasteiger partial charge on any atom is -0.382 e. The van der Waals surface area contributed by atoms with Crippen LogP contribution in [0.15, 0.2) is 11.2 Å². The van der Waals surface area contributed by atoms with Gasteiger partial charge in [0.05, 0.1) is 13.2 Å². The van der Waals surface area contributed by atoms with E-state index in [9.17, 15) is 8.42 Å². The molecule has 0 fully saturated rings. The molecular weight excluding hydrogens is 304 g/mol. The molecule has 0 aliphatic heterocycles. The number of hydrogen-bond acceptors (Lipinski definition) is 5. The monoisotopic (exact) mass is 324 g/mol. The van der Waals surface area contributed by atoms with Gasteiger partial charge in [0.1, 0.15) is 5.82 Å². The third-order valence-electron chi connectivity index (χ3n) is 2.68. The molecule has 0 aliphatic carbocycles. The summed E-state index contributed by atoms with van der Waals surface area (Å²) in [7, 11) is 3.17. The molecule has 0 aliphatic rings. The fourth-order valence-electron chi connectivity index (χ4n) is 1.74. The van der Waals surface area contributed by atoms with Crippen LogP contribution in [0.5, 0.6) is 0 Å². The lowest BCUT2D eigenvalue weighted by molar-refractivity contribution is 0.0679. The van der Waals surface area contributed by atoms with E-state index in [2.05, 4.69) is 4.98 Å². The van der Waals surface area contributed by atoms with Crippen molar-refractivity contribution >= 4 is 19.7 Å². The molecule has 0 bridgehead atoms. The Labute approximate surface area is 124 Å². The number of halogens is 1. The second kappa shape index (κ2) is 8.61. The van der Waals surface area contributed by atoms with Gasteiger partial charge in [0.25, 0.3) is 9.05 Å². The number of rotatable bonds is 10. The minimum absolute atomic E-state index is 0.0806. The molecule has 8 heteroatoms. The Morgan fingerprint density at radius 3 is 2.70 bits per heavy atom. The van der Waals surface area contributed by atoms with Gasteiger partial charge in [-0.3, -0.25) is 0 Å². The lowest BCUT2D eigenvalue weighted by Crippen LogP contribution is -2.08. The number of ether oxygens (including phenoxy) is 2. The Bertz CT molecular complexity index is 502. The molecule has 0 N–H and O–H groups in total. The molecule has 1 aromatic heterocycles. The van der Waals surface area contributed by atoms with Crippen LogP contribution in [0.1, 0.15) is 25.6 Å². The van der Waals surface area contributed by atoms with E-state index in [0.717, 1.165) is 25.1 Å². The fraction of sp³-hybridized carbons (Fsp3) is 0.750. The van der Waals surface area contributed by atoms with Crippen LogP contribution < -0.4 is 0 Å². The zero-order chi connectivity index (χ0) is 15.0. The van der Waals surface area contributed by atoms with E-state index in [1.165, 1.54) is 6.20 Å². The van der Waals surface area contributed by atoms with Crippen LogP contribution in [0.3, 0.4) is 0 Å². The highest BCUT2D eigenvalue weighted by Gasteiger charge is 2.17. The largest absolute Gasteiger partial charge is 0.382 e. The van der Waals surface area contributed by atoms with Crippen LogP contribution in [-0.4, -0.2) is 44.9 Å². The van der Waals surface area contributed by atoms with E-state index in [1.54, 1.807) is 7.11 Å². The molecule has 0 saturated heterocycles. The number of aryl methyl sites for hydroxylation is 2. The highest BCUT2D eigenvalue weighted by Crippen LogP contribution is 2.16. The van der Waals surface area contributed by atoms with Crippen molar-refractivity contribution in [3.8, 4) is 0 Å². The lowest BCUT2D eigenvalue weighted by Gasteiger charge is -2.07. The lowest BCUT2D eigenvalue weighted by atomic mass is 10.3. The molecule has 0 saturated carbocycles. The summed E-state index contributed by atoms with van der Waals surface area (Å²) in [6.45, 7) is 4.39. The van der Waals surface area contributed by atoms with Crippen LogP contribution in [0.2, 0.25) is 0 Å². The first-order valence-electron chi connectivity index (χ1n) is 6.56. The highest BCUT2D eigenvalue weighted by molar-refractivity contribution is 8.13. The fourth-order valence-corrected chi connectivity index (χ4v) is 2.43. The number of aromatic nitrogens is 2. The molecule has 116 valence electrons. The first-order chi connectivity index (χ1) is 9.49. The molecule has 1 rings (SSSR count). The van der Waals surface area contributed by atoms with Crippen molar-refractivity contribution in [2.24, 2.45) is 0 Å². The molecule has 0 radical (unpaired) electrons. The van der Waals surface area contributed by atoms with Crippen molar-refractivity contribution in [3.63, 3.8) is 0 Å². The van der Waals surface area contributed by atoms with Gasteiger partial charge < -0.3 is 14.0 Å². The van der Waals surface area contributed by atoms with Gasteiger partial charge in [-0.25, -0.2) is 13.4 Å². The van der Waals surface area contributed by atoms with Gasteiger partial charge in [-0.1, -0.05) is 6.92 Å². The van der Waals surface area contributed by atoms with E-state index in [-0.39, 0.29) is 5.03 Å². The molecule has 0 atom stereocenters. The molecular formula is C12H21ClN2O4S. The van der Waals surface area contributed by atoms with Crippen molar-refractivity contribution < 1.29 is 17.9 Å². The molecule has 6 nitrogen and oxygen atoms in total. The molecule has 1 aromatic rings. The summed E-state index contributed by atoms with van der Waals surface area (Å²) >= 11 is 0. The van der Waals surface area contributed by atoms with Gasteiger partial charge >= 0.3 is 0 Å². The van der Waals surface area contributed by atoms with E-state index in [4.69, 9.17) is 20.2 Å². The Hall–Kier alpha value is -0.630. The number of nitrogens with zero attached hydrogens (tertiary/aromatic N) is 2. The normalized spacial score (nSPS) is 11.9. The second-order valence-electron chi connectivity index (χ2n) is 4.34. The van der Waals surface area contributed by atoms with Crippen molar-refractivity contribution in [3.05, 3.63) is 12.0 Å². The smallest absolute Gasteiger partial charge is 0.280 e. The highest BCUT2D eigenvalue weighted by atomic mass is 35.7. The summed E-state index contributed by atoms with van der Waals surface area (Å²) in [4.78, 5) is 4.08. The van der Waals surface area contributed by atoms with Gasteiger partial charge in [-0.15, -0.1) is 0 Å². The zero-order valence-corrected chi connectivity index (χ0v) is 13.4. The maximum Gasteiger partial charge on any atom is 0.280 e. The Morgan fingerprint density at radius 1 is 1.35 bits per heavy atom. The number of imidazole rings is 1. The van der Waals surface area contributed by atoms with Crippen LogP contribution in [0.4, 0.5) is 0 Å². The van der Waals surface area contributed by atoms with Gasteiger partial charge in [0.15, 0.2) is 5.03 Å². The standard InChI is InChI=1S/C12H21ClN2O4S/c1-3-5-11-14-12(20(13,16)17)10-15(11)6-4-7-19-9-8-18-2/h10H,3-9H2,1-2H3. The average Bonchev–Trinajstić information content (AvgIpc) is 2.77. The maximum atomic E-state index is 11.3. The molecule has 0 spiro atoms. The summed E-state index contributed by atoms with van der Waals surface area (Å²) in [6, 6.07) is 0. The van der Waals surface area contributed by atoms with Crippen molar-refractivity contribution in [2.45, 2.75) is 37.8 Å². The second-order valence-corrected chi connectivity index (χ2v) is 6.85. The SMILES string of the molecule is CCCc1nc(S(=O)(=O)Cl)cn1CCCOCCOC. The summed E-state index contributed by atoms with van der Waals surface area (Å²) in [5, 5.41) is -0.0806. The quantitative estimate of drug-likeness (QED) is 0.485. The third kappa shape index (κ3) is 5.78. The predicted molar refractivity (Wildman–Crippen MR) is 76.6 cm³/mol. The molecule has 0 unspecified atom stereocenters. The molecule has 20 heavy (non-hydrogen) atoms. The van der Waals surface area contributed by atoms with Crippen molar-refractivity contribution in [2.75, 3.05) is 26.9 Å². The summed E-state index contributed by atoms with van der Waals surface area (Å²) in [5.74, 6) is 0.739. The third-order valence-corrected chi connectivity index (χ3v) is 3.85. The van der Waals surface area contributed by atoms with Crippen molar-refractivity contribution in [1.82, 2.24) is 9.55 Å². The maximum absolute atomic E-state index is 11.3. The van der Waals surface area contributed by atoms with E-state index < -0.39 is 9.05 Å². The predicted octanol–water partition coefficient (Wildman–Crippen LogP) is 1.82. The Kier molecular flexibility index (Phi) is 7.50. The summed E-state index contributed by atoms with van der Waals surface area (Å²) < 4.78 is 34.7. The van der Waals surface area contributed by atoms with Gasteiger partial charge in [0.2, 0.25) is 0 Å². The van der Waals surface area contributed by atoms with E-state index >= 15 is 0 Å².